The summed E-state index contributed by atoms with van der Waals surface area (Å²) in [6.07, 6.45) is 0. The fourth-order valence-electron chi connectivity index (χ4n) is 8.59. The summed E-state index contributed by atoms with van der Waals surface area (Å²) in [5.41, 5.74) is 2.42. The zero-order valence-electron chi connectivity index (χ0n) is 36.7. The van der Waals surface area contributed by atoms with E-state index in [1.165, 1.54) is 0 Å². The molecule has 8 aromatic carbocycles. The summed E-state index contributed by atoms with van der Waals surface area (Å²) in [6.45, 7) is 11.1. The molecule has 0 bridgehead atoms. The molecule has 0 aliphatic carbocycles. The molecule has 8 aromatic rings. The number of aryl methyl sites for hydroxylation is 4. The second kappa shape index (κ2) is 17.1. The minimum absolute atomic E-state index is 0.579. The lowest BCUT2D eigenvalue weighted by molar-refractivity contribution is -0.144. The Morgan fingerprint density at radius 2 is 0.667 bits per heavy atom. The van der Waals surface area contributed by atoms with Crippen molar-refractivity contribution in [1.29, 1.82) is 0 Å². The number of carbonyl (C=O) groups is 2. The number of rotatable bonds is 12. The summed E-state index contributed by atoms with van der Waals surface area (Å²) in [5, 5.41) is 37.1. The van der Waals surface area contributed by atoms with E-state index in [9.17, 15) is 10.2 Å². The number of hydrogen-bond acceptors (Lipinski definition) is 4. The number of benzene rings is 8. The van der Waals surface area contributed by atoms with Gasteiger partial charge in [0.15, 0.2) is 0 Å². The van der Waals surface area contributed by atoms with E-state index < -0.39 is 40.5 Å². The molecule has 0 saturated heterocycles. The van der Waals surface area contributed by atoms with Gasteiger partial charge >= 0.3 is 0 Å². The van der Waals surface area contributed by atoms with Crippen LogP contribution in [0.1, 0.15) is 81.6 Å². The molecular formula is C57H54N2O4. The molecule has 6 nitrogen and oxygen atoms in total. The fraction of sp³-hybridized carbons (Fsp3) is 0.193. The van der Waals surface area contributed by atoms with Crippen molar-refractivity contribution >= 4 is 33.4 Å². The first-order valence-corrected chi connectivity index (χ1v) is 21.5. The Morgan fingerprint density at radius 1 is 0.397 bits per heavy atom. The Labute approximate surface area is 370 Å². The number of hydrogen-bond donors (Lipinski definition) is 4. The highest BCUT2D eigenvalue weighted by Crippen LogP contribution is 2.45. The van der Waals surface area contributed by atoms with Crippen LogP contribution >= 0.6 is 0 Å². The van der Waals surface area contributed by atoms with Gasteiger partial charge in [-0.1, -0.05) is 192 Å². The number of nitrogens with one attached hydrogen (secondary N) is 2. The van der Waals surface area contributed by atoms with Gasteiger partial charge in [0.1, 0.15) is 16.6 Å². The van der Waals surface area contributed by atoms with Crippen molar-refractivity contribution in [1.82, 2.24) is 10.6 Å². The maximum absolute atomic E-state index is 15.2. The first-order valence-electron chi connectivity index (χ1n) is 21.5. The summed E-state index contributed by atoms with van der Waals surface area (Å²) >= 11 is 0. The Bertz CT molecular complexity index is 2630. The monoisotopic (exact) mass is 830 g/mol. The van der Waals surface area contributed by atoms with Crippen LogP contribution < -0.4 is 10.6 Å². The Hall–Kier alpha value is -6.86. The van der Waals surface area contributed by atoms with Crippen LogP contribution in [0, 0.1) is 33.1 Å². The number of amides is 2. The molecule has 0 heterocycles. The number of aliphatic hydroxyl groups is 2. The lowest BCUT2D eigenvalue weighted by Crippen LogP contribution is -2.55. The van der Waals surface area contributed by atoms with Gasteiger partial charge in [-0.25, -0.2) is 0 Å². The van der Waals surface area contributed by atoms with Crippen LogP contribution in [-0.2, 0) is 20.8 Å². The van der Waals surface area contributed by atoms with Crippen molar-refractivity contribution in [3.8, 4) is 0 Å². The van der Waals surface area contributed by atoms with E-state index in [4.69, 9.17) is 0 Å². The van der Waals surface area contributed by atoms with Gasteiger partial charge in [0.25, 0.3) is 0 Å². The highest BCUT2D eigenvalue weighted by atomic mass is 16.3. The standard InChI is InChI=1S/C57H54N2O4/c1-37-15-27-47(28-16-37)56(62,48-29-17-38(2)18-30-48)51(45-25-23-41-11-7-9-13-43(41)35-45)58-53(60)55(5,6)54(61)59-52(46-26-24-42-12-8-10-14-44(42)36-46)57(63,49-31-19-39(3)20-32-49)50-33-21-40(4)22-34-50/h7-36,51-52,62-63H,1-6H3,(H,58,60)(H,59,61). The molecule has 4 N–H and O–H groups in total. The number of fused-ring (bicyclic) bond motifs is 2. The first kappa shape index (κ1) is 42.8. The quantitative estimate of drug-likeness (QED) is 0.0922. The van der Waals surface area contributed by atoms with Gasteiger partial charge in [-0.15, -0.1) is 0 Å². The van der Waals surface area contributed by atoms with E-state index in [0.29, 0.717) is 33.4 Å². The van der Waals surface area contributed by atoms with Crippen LogP contribution in [0.5, 0.6) is 0 Å². The third-order valence-electron chi connectivity index (χ3n) is 12.7. The van der Waals surface area contributed by atoms with E-state index in [0.717, 1.165) is 43.8 Å². The molecule has 0 spiro atoms. The van der Waals surface area contributed by atoms with Gasteiger partial charge in [-0.2, -0.15) is 0 Å². The molecule has 2 amide bonds. The summed E-state index contributed by atoms with van der Waals surface area (Å²) in [4.78, 5) is 30.4. The largest absolute Gasteiger partial charge is 0.378 e. The van der Waals surface area contributed by atoms with E-state index in [-0.39, 0.29) is 0 Å². The van der Waals surface area contributed by atoms with Crippen LogP contribution in [0.2, 0.25) is 0 Å². The highest BCUT2D eigenvalue weighted by molar-refractivity contribution is 6.04. The van der Waals surface area contributed by atoms with E-state index >= 15 is 9.59 Å². The predicted octanol–water partition coefficient (Wildman–Crippen LogP) is 11.1. The summed E-state index contributed by atoms with van der Waals surface area (Å²) < 4.78 is 0. The molecule has 0 aromatic heterocycles. The summed E-state index contributed by atoms with van der Waals surface area (Å²) in [6, 6.07) is 56.2. The summed E-state index contributed by atoms with van der Waals surface area (Å²) in [7, 11) is 0. The second-order valence-corrected chi connectivity index (χ2v) is 17.6. The molecule has 2 unspecified atom stereocenters. The van der Waals surface area contributed by atoms with Crippen LogP contribution in [0.25, 0.3) is 21.5 Å². The maximum atomic E-state index is 15.2. The van der Waals surface area contributed by atoms with Crippen molar-refractivity contribution in [3.63, 3.8) is 0 Å². The lowest BCUT2D eigenvalue weighted by Gasteiger charge is -2.41. The average molecular weight is 831 g/mol. The molecule has 0 aliphatic rings. The van der Waals surface area contributed by atoms with Crippen LogP contribution in [0.3, 0.4) is 0 Å². The zero-order chi connectivity index (χ0) is 44.5. The maximum Gasteiger partial charge on any atom is 0.235 e. The van der Waals surface area contributed by atoms with Crippen LogP contribution in [0.4, 0.5) is 0 Å². The summed E-state index contributed by atoms with van der Waals surface area (Å²) in [5.74, 6) is -1.22. The normalized spacial score (nSPS) is 13.1. The molecule has 8 rings (SSSR count). The fourth-order valence-corrected chi connectivity index (χ4v) is 8.59. The predicted molar refractivity (Wildman–Crippen MR) is 254 cm³/mol. The Kier molecular flexibility index (Phi) is 11.6. The third kappa shape index (κ3) is 8.28. The van der Waals surface area contributed by atoms with Crippen molar-refractivity contribution in [2.75, 3.05) is 0 Å². The van der Waals surface area contributed by atoms with E-state index in [1.54, 1.807) is 13.8 Å². The molecule has 0 aliphatic heterocycles. The molecular weight excluding hydrogens is 777 g/mol. The SMILES string of the molecule is Cc1ccc(C(O)(c2ccc(C)cc2)C(NC(=O)C(C)(C)C(=O)NC(c2ccc3ccccc3c2)C(O)(c2ccc(C)cc2)c2ccc(C)cc2)c2ccc3ccccc3c2)cc1. The van der Waals surface area contributed by atoms with E-state index in [2.05, 4.69) is 10.6 Å². The van der Waals surface area contributed by atoms with Gasteiger partial charge in [0.05, 0.1) is 12.1 Å². The van der Waals surface area contributed by atoms with Crippen molar-refractivity contribution < 1.29 is 19.8 Å². The van der Waals surface area contributed by atoms with Crippen molar-refractivity contribution in [2.45, 2.75) is 64.8 Å². The lowest BCUT2D eigenvalue weighted by atomic mass is 9.75. The van der Waals surface area contributed by atoms with Gasteiger partial charge < -0.3 is 20.8 Å². The smallest absolute Gasteiger partial charge is 0.235 e. The average Bonchev–Trinajstić information content (AvgIpc) is 3.29. The van der Waals surface area contributed by atoms with Crippen LogP contribution in [0.15, 0.2) is 182 Å². The van der Waals surface area contributed by atoms with Crippen LogP contribution in [-0.4, -0.2) is 22.0 Å². The van der Waals surface area contributed by atoms with Crippen molar-refractivity contribution in [3.05, 3.63) is 238 Å². The van der Waals surface area contributed by atoms with Gasteiger partial charge in [-0.05, 0) is 109 Å². The van der Waals surface area contributed by atoms with Crippen molar-refractivity contribution in [2.24, 2.45) is 5.41 Å². The molecule has 0 radical (unpaired) electrons. The molecule has 0 saturated carbocycles. The van der Waals surface area contributed by atoms with Gasteiger partial charge in [0.2, 0.25) is 11.8 Å². The third-order valence-corrected chi connectivity index (χ3v) is 12.7. The number of carbonyl (C=O) groups excluding carboxylic acids is 2. The Morgan fingerprint density at radius 3 is 0.952 bits per heavy atom. The van der Waals surface area contributed by atoms with E-state index in [1.807, 2.05) is 210 Å². The topological polar surface area (TPSA) is 98.7 Å². The molecule has 2 atom stereocenters. The molecule has 6 heteroatoms. The first-order chi connectivity index (χ1) is 30.2. The van der Waals surface area contributed by atoms with Gasteiger partial charge in [0, 0.05) is 0 Å². The van der Waals surface area contributed by atoms with Gasteiger partial charge in [-0.3, -0.25) is 9.59 Å². The molecule has 0 fully saturated rings. The minimum Gasteiger partial charge on any atom is -0.378 e. The molecule has 316 valence electrons. The second-order valence-electron chi connectivity index (χ2n) is 17.6. The minimum atomic E-state index is -1.78. The Balaban J connectivity index is 1.25. The highest BCUT2D eigenvalue weighted by Gasteiger charge is 2.48. The molecule has 63 heavy (non-hydrogen) atoms. The zero-order valence-corrected chi connectivity index (χ0v) is 36.7.